The van der Waals surface area contributed by atoms with Crippen LogP contribution in [0.3, 0.4) is 0 Å². The molecule has 3 aliphatic rings. The van der Waals surface area contributed by atoms with Crippen molar-refractivity contribution in [3.8, 4) is 28.7 Å². The minimum atomic E-state index is -2.29. The first-order valence-corrected chi connectivity index (χ1v) is 25.2. The van der Waals surface area contributed by atoms with Crippen molar-refractivity contribution in [1.82, 2.24) is 36.4 Å². The number of aliphatic hydroxyl groups excluding tert-OH is 8. The van der Waals surface area contributed by atoms with Crippen LogP contribution in [0, 0.1) is 17.8 Å². The van der Waals surface area contributed by atoms with Gasteiger partial charge in [0.25, 0.3) is 5.91 Å². The second-order valence-electron chi connectivity index (χ2n) is 19.8. The van der Waals surface area contributed by atoms with Gasteiger partial charge >= 0.3 is 0 Å². The smallest absolute Gasteiger partial charge is 0.251 e. The summed E-state index contributed by atoms with van der Waals surface area (Å²) in [4.78, 5) is 101. The van der Waals surface area contributed by atoms with E-state index in [4.69, 9.17) is 0 Å². The standard InChI is InChI=1S/C55H63N7O16/c1-27-25-62-44(45(27)68)53(76)60-51(74)40(67)24-38(56-48(71)35-17-15-33(16-18-35)32-13-11-31(12-14-32)10-9-30-7-5-4-6-8-30)49(72)57-41(28(2)63)54(77)61-26-37(66)23-39(61)50(73)59-43(52(75)58-42(29(3)64)55(62)78)47(70)46(69)34-19-21-36(65)22-20-34/h4-8,11-22,27-29,37-47,51,63-70,74H,23-26H2,1-3H3,(H,56,71)(H,57,72)(H,58,75)(H,59,73)(H,60,76)/t27-,28+,29+,37+,38-,39-,40+,41-,42-,43-,44-,45-,46-,47-,51-/m0/s1. The van der Waals surface area contributed by atoms with Gasteiger partial charge in [-0.25, -0.2) is 0 Å². The molecule has 7 rings (SSSR count). The zero-order chi connectivity index (χ0) is 56.7. The lowest BCUT2D eigenvalue weighted by molar-refractivity contribution is -0.148. The van der Waals surface area contributed by atoms with E-state index >= 15 is 0 Å². The van der Waals surface area contributed by atoms with Gasteiger partial charge < -0.3 is 82.3 Å². The predicted molar refractivity (Wildman–Crippen MR) is 275 cm³/mol. The van der Waals surface area contributed by atoms with Gasteiger partial charge in [0.2, 0.25) is 35.4 Å². The van der Waals surface area contributed by atoms with Gasteiger partial charge in [-0.1, -0.05) is 73.4 Å². The summed E-state index contributed by atoms with van der Waals surface area (Å²) in [6.07, 6.45) is -16.8. The Morgan fingerprint density at radius 3 is 1.74 bits per heavy atom. The van der Waals surface area contributed by atoms with Gasteiger partial charge in [-0.15, -0.1) is 0 Å². The third kappa shape index (κ3) is 13.5. The lowest BCUT2D eigenvalue weighted by Crippen LogP contribution is -2.64. The van der Waals surface area contributed by atoms with Crippen LogP contribution in [0.25, 0.3) is 11.1 Å². The minimum absolute atomic E-state index is 0.00207. The molecule has 3 aliphatic heterocycles. The van der Waals surface area contributed by atoms with Crippen LogP contribution in [-0.4, -0.2) is 189 Å². The predicted octanol–water partition coefficient (Wildman–Crippen LogP) is -2.76. The van der Waals surface area contributed by atoms with E-state index in [1.54, 1.807) is 12.1 Å². The maximum absolute atomic E-state index is 14.4. The molecule has 0 spiro atoms. The molecule has 0 aliphatic carbocycles. The Morgan fingerprint density at radius 1 is 0.615 bits per heavy atom. The number of carbonyl (C=O) groups excluding carboxylic acids is 7. The van der Waals surface area contributed by atoms with E-state index in [0.29, 0.717) is 5.56 Å². The monoisotopic (exact) mass is 1080 g/mol. The first-order valence-electron chi connectivity index (χ1n) is 25.2. The number of carbonyl (C=O) groups is 7. The summed E-state index contributed by atoms with van der Waals surface area (Å²) in [5.41, 5.74) is 3.00. The summed E-state index contributed by atoms with van der Waals surface area (Å²) in [6.45, 7) is 2.69. The number of amides is 7. The number of aliphatic hydroxyl groups is 8. The van der Waals surface area contributed by atoms with Gasteiger partial charge in [0, 0.05) is 48.5 Å². The van der Waals surface area contributed by atoms with Crippen LogP contribution in [0.4, 0.5) is 0 Å². The Hall–Kier alpha value is -7.79. The van der Waals surface area contributed by atoms with E-state index in [-0.39, 0.29) is 23.4 Å². The Labute approximate surface area is 447 Å². The highest BCUT2D eigenvalue weighted by molar-refractivity contribution is 6.00. The molecule has 3 saturated heterocycles. The van der Waals surface area contributed by atoms with Crippen LogP contribution in [-0.2, 0) is 28.8 Å². The fraction of sp³-hybridized carbons (Fsp3) is 0.400. The molecule has 78 heavy (non-hydrogen) atoms. The summed E-state index contributed by atoms with van der Waals surface area (Å²) in [5.74, 6) is -3.28. The average Bonchev–Trinajstić information content (AvgIpc) is 3.97. The molecule has 3 fully saturated rings. The normalized spacial score (nSPS) is 28.2. The molecule has 4 aromatic carbocycles. The highest BCUT2D eigenvalue weighted by Gasteiger charge is 2.50. The van der Waals surface area contributed by atoms with E-state index in [1.807, 2.05) is 54.6 Å². The minimum Gasteiger partial charge on any atom is -0.508 e. The largest absolute Gasteiger partial charge is 0.508 e. The molecular weight excluding hydrogens is 1010 g/mol. The number of nitrogens with zero attached hydrogens (tertiary/aromatic N) is 2. The summed E-state index contributed by atoms with van der Waals surface area (Å²) in [5, 5.41) is 111. The number of benzene rings is 4. The quantitative estimate of drug-likeness (QED) is 0.0795. The summed E-state index contributed by atoms with van der Waals surface area (Å²) in [6, 6.07) is 16.0. The molecule has 15 atom stereocenters. The summed E-state index contributed by atoms with van der Waals surface area (Å²) in [7, 11) is 0. The Kier molecular flexibility index (Phi) is 18.7. The van der Waals surface area contributed by atoms with Crippen LogP contribution in [0.15, 0.2) is 103 Å². The molecule has 0 aromatic heterocycles. The number of hydrogen-bond acceptors (Lipinski definition) is 16. The number of rotatable bonds is 8. The van der Waals surface area contributed by atoms with Crippen molar-refractivity contribution in [2.24, 2.45) is 5.92 Å². The number of hydrogen-bond donors (Lipinski definition) is 14. The molecule has 23 nitrogen and oxygen atoms in total. The van der Waals surface area contributed by atoms with E-state index < -0.39 is 152 Å². The number of aromatic hydroxyl groups is 1. The van der Waals surface area contributed by atoms with Crippen LogP contribution in [0.1, 0.15) is 66.8 Å². The van der Waals surface area contributed by atoms with Crippen molar-refractivity contribution in [3.63, 3.8) is 0 Å². The van der Waals surface area contributed by atoms with Crippen LogP contribution < -0.4 is 26.6 Å². The SMILES string of the molecule is C[C@@H](O)[C@@H]1NC(=O)[C@H]([C@H](O)[C@@H](O)c2ccc(O)cc2)NC(=O)[C@@H]2C[C@@H](O)CN2C(=O)[C@H]([C@@H](C)O)NC(=O)[C@@H](NC(=O)c2ccc(-c3ccc(C#Cc4ccccc4)cc3)cc2)C[C@@H](O)[C@H](O)NC(=O)[C@@H]2[C@@H](O)[C@@H](C)CN2C1=O. The number of nitrogens with one attached hydrogen (secondary N) is 5. The third-order valence-electron chi connectivity index (χ3n) is 14.0. The van der Waals surface area contributed by atoms with Crippen LogP contribution in [0.5, 0.6) is 5.75 Å². The number of phenolic OH excluding ortho intramolecular Hbond substituents is 1. The molecule has 23 heteroatoms. The molecule has 414 valence electrons. The van der Waals surface area contributed by atoms with Gasteiger partial charge in [-0.3, -0.25) is 33.6 Å². The average molecular weight is 1080 g/mol. The van der Waals surface area contributed by atoms with Crippen molar-refractivity contribution in [3.05, 3.63) is 125 Å². The lowest BCUT2D eigenvalue weighted by Gasteiger charge is -2.34. The highest BCUT2D eigenvalue weighted by Crippen LogP contribution is 2.28. The van der Waals surface area contributed by atoms with E-state index in [2.05, 4.69) is 38.4 Å². The molecule has 4 aromatic rings. The maximum atomic E-state index is 14.4. The topological polar surface area (TPSA) is 368 Å². The van der Waals surface area contributed by atoms with Crippen molar-refractivity contribution >= 4 is 41.4 Å². The van der Waals surface area contributed by atoms with E-state index in [0.717, 1.165) is 52.5 Å². The van der Waals surface area contributed by atoms with Crippen molar-refractivity contribution in [2.45, 2.75) is 119 Å². The molecule has 0 radical (unpaired) electrons. The van der Waals surface area contributed by atoms with Crippen molar-refractivity contribution in [1.29, 1.82) is 0 Å². The van der Waals surface area contributed by atoms with E-state index in [9.17, 15) is 79.5 Å². The fourth-order valence-electron chi connectivity index (χ4n) is 9.49. The third-order valence-corrected chi connectivity index (χ3v) is 14.0. The van der Waals surface area contributed by atoms with E-state index in [1.165, 1.54) is 31.2 Å². The molecule has 0 bridgehead atoms. The zero-order valence-electron chi connectivity index (χ0n) is 42.6. The van der Waals surface area contributed by atoms with Gasteiger partial charge in [0.05, 0.1) is 24.4 Å². The fourth-order valence-corrected chi connectivity index (χ4v) is 9.49. The lowest BCUT2D eigenvalue weighted by atomic mass is 9.96. The van der Waals surface area contributed by atoms with Gasteiger partial charge in [-0.05, 0) is 79.1 Å². The second-order valence-corrected chi connectivity index (χ2v) is 19.8. The summed E-state index contributed by atoms with van der Waals surface area (Å²) >= 11 is 0. The van der Waals surface area contributed by atoms with Crippen molar-refractivity contribution in [2.75, 3.05) is 13.1 Å². The number of fused-ring (bicyclic) bond motifs is 2. The highest BCUT2D eigenvalue weighted by atomic mass is 16.3. The summed E-state index contributed by atoms with van der Waals surface area (Å²) < 4.78 is 0. The Balaban J connectivity index is 1.21. The van der Waals surface area contributed by atoms with Gasteiger partial charge in [-0.2, -0.15) is 0 Å². The Bertz CT molecular complexity index is 2880. The first-order chi connectivity index (χ1) is 37.0. The first kappa shape index (κ1) is 57.9. The Morgan fingerprint density at radius 2 is 1.15 bits per heavy atom. The van der Waals surface area contributed by atoms with Crippen LogP contribution >= 0.6 is 0 Å². The molecule has 14 N–H and O–H groups in total. The molecule has 0 unspecified atom stereocenters. The zero-order valence-corrected chi connectivity index (χ0v) is 42.6. The van der Waals surface area contributed by atoms with Crippen molar-refractivity contribution < 1.29 is 79.5 Å². The maximum Gasteiger partial charge on any atom is 0.251 e. The molecule has 3 heterocycles. The molecule has 7 amide bonds. The number of phenols is 1. The van der Waals surface area contributed by atoms with Gasteiger partial charge in [0.15, 0.2) is 6.23 Å². The van der Waals surface area contributed by atoms with Gasteiger partial charge in [0.1, 0.15) is 60.3 Å². The molecular formula is C55H63N7O16. The second kappa shape index (κ2) is 25.1. The molecule has 0 saturated carbocycles. The van der Waals surface area contributed by atoms with Crippen LogP contribution in [0.2, 0.25) is 0 Å².